The minimum Gasteiger partial charge on any atom is -0.360 e. The number of Topliss-reactive ketones (excluding diaryl/α,β-unsaturated/α-hetero) is 1. The van der Waals surface area contributed by atoms with Crippen LogP contribution in [0.1, 0.15) is 30.1 Å². The molecule has 2 aromatic rings. The van der Waals surface area contributed by atoms with Crippen LogP contribution in [0, 0.1) is 0 Å². The lowest BCUT2D eigenvalue weighted by atomic mass is 10.1. The van der Waals surface area contributed by atoms with Gasteiger partial charge in [0.2, 0.25) is 0 Å². The summed E-state index contributed by atoms with van der Waals surface area (Å²) in [5, 5.41) is 3.42. The summed E-state index contributed by atoms with van der Waals surface area (Å²) in [6.07, 6.45) is 3.46. The number of carbonyl (C=O) groups excluding carboxylic acids is 2. The topological polar surface area (TPSA) is 62.0 Å². The highest BCUT2D eigenvalue weighted by Crippen LogP contribution is 2.17. The van der Waals surface area contributed by atoms with Crippen LogP contribution >= 0.6 is 0 Å². The van der Waals surface area contributed by atoms with Gasteiger partial charge in [-0.2, -0.15) is 0 Å². The molecular formula is C14H16N2O2. The maximum absolute atomic E-state index is 12.0. The third kappa shape index (κ3) is 2.42. The monoisotopic (exact) mass is 244 g/mol. The molecule has 0 fully saturated rings. The standard InChI is InChI=1S/C14H16N2O2/c1-2-3-8-15-14(18)13(17)11-9-16-12-7-5-4-6-10(11)12/h4-7,9,16H,2-3,8H2,1H3,(H,15,18). The average molecular weight is 244 g/mol. The predicted molar refractivity (Wildman–Crippen MR) is 70.5 cm³/mol. The number of aromatic nitrogens is 1. The Bertz CT molecular complexity index is 572. The zero-order chi connectivity index (χ0) is 13.0. The number of nitrogens with one attached hydrogen (secondary N) is 2. The number of amides is 1. The van der Waals surface area contributed by atoms with Crippen LogP contribution in [0.15, 0.2) is 30.5 Å². The summed E-state index contributed by atoms with van der Waals surface area (Å²) >= 11 is 0. The van der Waals surface area contributed by atoms with Crippen molar-refractivity contribution in [2.75, 3.05) is 6.54 Å². The van der Waals surface area contributed by atoms with Gasteiger partial charge in [0, 0.05) is 23.6 Å². The van der Waals surface area contributed by atoms with Gasteiger partial charge in [-0.3, -0.25) is 9.59 Å². The third-order valence-corrected chi connectivity index (χ3v) is 2.86. The van der Waals surface area contributed by atoms with Crippen LogP contribution in [0.4, 0.5) is 0 Å². The summed E-state index contributed by atoms with van der Waals surface area (Å²) in [4.78, 5) is 26.7. The fourth-order valence-corrected chi connectivity index (χ4v) is 1.84. The molecule has 94 valence electrons. The molecule has 0 aliphatic rings. The lowest BCUT2D eigenvalue weighted by Crippen LogP contribution is -2.31. The summed E-state index contributed by atoms with van der Waals surface area (Å²) in [5.74, 6) is -1.02. The maximum Gasteiger partial charge on any atom is 0.292 e. The van der Waals surface area contributed by atoms with Crippen molar-refractivity contribution in [3.05, 3.63) is 36.0 Å². The van der Waals surface area contributed by atoms with Gasteiger partial charge in [-0.05, 0) is 12.5 Å². The van der Waals surface area contributed by atoms with Gasteiger partial charge in [-0.25, -0.2) is 0 Å². The van der Waals surface area contributed by atoms with Gasteiger partial charge in [-0.15, -0.1) is 0 Å². The van der Waals surface area contributed by atoms with Crippen LogP contribution in [0.3, 0.4) is 0 Å². The van der Waals surface area contributed by atoms with Crippen molar-refractivity contribution < 1.29 is 9.59 Å². The van der Waals surface area contributed by atoms with E-state index in [0.717, 1.165) is 23.7 Å². The molecular weight excluding hydrogens is 228 g/mol. The van der Waals surface area contributed by atoms with E-state index in [1.165, 1.54) is 0 Å². The smallest absolute Gasteiger partial charge is 0.292 e. The zero-order valence-electron chi connectivity index (χ0n) is 10.3. The largest absolute Gasteiger partial charge is 0.360 e. The van der Waals surface area contributed by atoms with Crippen molar-refractivity contribution in [3.8, 4) is 0 Å². The number of unbranched alkanes of at least 4 members (excludes halogenated alkanes) is 1. The fraction of sp³-hybridized carbons (Fsp3) is 0.286. The van der Waals surface area contributed by atoms with Crippen LogP contribution in [0.25, 0.3) is 10.9 Å². The number of aromatic amines is 1. The van der Waals surface area contributed by atoms with E-state index in [1.54, 1.807) is 6.20 Å². The van der Waals surface area contributed by atoms with Gasteiger partial charge < -0.3 is 10.3 Å². The SMILES string of the molecule is CCCCNC(=O)C(=O)c1c[nH]c2ccccc12. The molecule has 18 heavy (non-hydrogen) atoms. The first-order valence-corrected chi connectivity index (χ1v) is 6.12. The Labute approximate surface area is 105 Å². The number of rotatable bonds is 5. The highest BCUT2D eigenvalue weighted by atomic mass is 16.2. The Hall–Kier alpha value is -2.10. The lowest BCUT2D eigenvalue weighted by Gasteiger charge is -2.02. The second-order valence-corrected chi connectivity index (χ2v) is 4.19. The molecule has 0 spiro atoms. The Balaban J connectivity index is 2.16. The molecule has 4 heteroatoms. The molecule has 2 N–H and O–H groups in total. The highest BCUT2D eigenvalue weighted by Gasteiger charge is 2.18. The van der Waals surface area contributed by atoms with Gasteiger partial charge >= 0.3 is 0 Å². The number of hydrogen-bond donors (Lipinski definition) is 2. The second-order valence-electron chi connectivity index (χ2n) is 4.19. The molecule has 4 nitrogen and oxygen atoms in total. The van der Waals surface area contributed by atoms with Crippen molar-refractivity contribution in [3.63, 3.8) is 0 Å². The van der Waals surface area contributed by atoms with E-state index >= 15 is 0 Å². The number of carbonyl (C=O) groups is 2. The summed E-state index contributed by atoms with van der Waals surface area (Å²) in [7, 11) is 0. The first-order chi connectivity index (χ1) is 8.74. The first-order valence-electron chi connectivity index (χ1n) is 6.12. The Morgan fingerprint density at radius 2 is 2.06 bits per heavy atom. The molecule has 0 saturated heterocycles. The van der Waals surface area contributed by atoms with E-state index in [0.29, 0.717) is 12.1 Å². The molecule has 0 aliphatic heterocycles. The van der Waals surface area contributed by atoms with Gasteiger partial charge in [-0.1, -0.05) is 31.5 Å². The maximum atomic E-state index is 12.0. The highest BCUT2D eigenvalue weighted by molar-refractivity contribution is 6.44. The molecule has 0 atom stereocenters. The molecule has 0 saturated carbocycles. The van der Waals surface area contributed by atoms with Crippen LogP contribution in [-0.4, -0.2) is 23.2 Å². The number of benzene rings is 1. The minimum absolute atomic E-state index is 0.430. The average Bonchev–Trinajstić information content (AvgIpc) is 2.82. The van der Waals surface area contributed by atoms with E-state index in [9.17, 15) is 9.59 Å². The van der Waals surface area contributed by atoms with Crippen LogP contribution in [0.5, 0.6) is 0 Å². The van der Waals surface area contributed by atoms with E-state index in [-0.39, 0.29) is 0 Å². The van der Waals surface area contributed by atoms with Crippen molar-refractivity contribution in [1.82, 2.24) is 10.3 Å². The van der Waals surface area contributed by atoms with Crippen LogP contribution in [0.2, 0.25) is 0 Å². The summed E-state index contributed by atoms with van der Waals surface area (Å²) in [5.41, 5.74) is 1.29. The van der Waals surface area contributed by atoms with Crippen molar-refractivity contribution >= 4 is 22.6 Å². The number of hydrogen-bond acceptors (Lipinski definition) is 2. The molecule has 1 amide bonds. The number of fused-ring (bicyclic) bond motifs is 1. The van der Waals surface area contributed by atoms with Crippen molar-refractivity contribution in [1.29, 1.82) is 0 Å². The molecule has 0 unspecified atom stereocenters. The van der Waals surface area contributed by atoms with E-state index in [2.05, 4.69) is 10.3 Å². The molecule has 1 heterocycles. The zero-order valence-corrected chi connectivity index (χ0v) is 10.3. The van der Waals surface area contributed by atoms with E-state index in [4.69, 9.17) is 0 Å². The molecule has 0 radical (unpaired) electrons. The molecule has 0 bridgehead atoms. The fourth-order valence-electron chi connectivity index (χ4n) is 1.84. The first kappa shape index (κ1) is 12.4. The van der Waals surface area contributed by atoms with Crippen LogP contribution < -0.4 is 5.32 Å². The molecule has 2 rings (SSSR count). The van der Waals surface area contributed by atoms with Crippen molar-refractivity contribution in [2.45, 2.75) is 19.8 Å². The summed E-state index contributed by atoms with van der Waals surface area (Å²) in [6, 6.07) is 7.44. The van der Waals surface area contributed by atoms with Gasteiger partial charge in [0.25, 0.3) is 11.7 Å². The number of H-pyrrole nitrogens is 1. The van der Waals surface area contributed by atoms with E-state index in [1.807, 2.05) is 31.2 Å². The quantitative estimate of drug-likeness (QED) is 0.481. The predicted octanol–water partition coefficient (Wildman–Crippen LogP) is 2.27. The summed E-state index contributed by atoms with van der Waals surface area (Å²) < 4.78 is 0. The number of ketones is 1. The third-order valence-electron chi connectivity index (χ3n) is 2.86. The Kier molecular flexibility index (Phi) is 3.77. The van der Waals surface area contributed by atoms with Gasteiger partial charge in [0.15, 0.2) is 0 Å². The molecule has 1 aromatic heterocycles. The second kappa shape index (κ2) is 5.49. The Morgan fingerprint density at radius 3 is 2.83 bits per heavy atom. The van der Waals surface area contributed by atoms with Gasteiger partial charge in [0.1, 0.15) is 0 Å². The van der Waals surface area contributed by atoms with E-state index < -0.39 is 11.7 Å². The van der Waals surface area contributed by atoms with Gasteiger partial charge in [0.05, 0.1) is 5.56 Å². The number of para-hydroxylation sites is 1. The van der Waals surface area contributed by atoms with Crippen molar-refractivity contribution in [2.24, 2.45) is 0 Å². The van der Waals surface area contributed by atoms with Crippen LogP contribution in [-0.2, 0) is 4.79 Å². The normalized spacial score (nSPS) is 10.5. The minimum atomic E-state index is -0.534. The molecule has 1 aromatic carbocycles. The molecule has 0 aliphatic carbocycles. The summed E-state index contributed by atoms with van der Waals surface area (Å²) in [6.45, 7) is 2.58. The lowest BCUT2D eigenvalue weighted by molar-refractivity contribution is -0.117. The Morgan fingerprint density at radius 1 is 1.28 bits per heavy atom.